The van der Waals surface area contributed by atoms with E-state index in [1.165, 1.54) is 0 Å². The van der Waals surface area contributed by atoms with Crippen LogP contribution in [0.15, 0.2) is 12.2 Å². The summed E-state index contributed by atoms with van der Waals surface area (Å²) in [6, 6.07) is 1.73. The maximum absolute atomic E-state index is 10.8. The van der Waals surface area contributed by atoms with E-state index in [9.17, 15) is 4.79 Å². The Morgan fingerprint density at radius 3 is 2.58 bits per heavy atom. The van der Waals surface area contributed by atoms with Crippen molar-refractivity contribution in [3.8, 4) is 6.07 Å². The molecule has 3 nitrogen and oxygen atoms in total. The molecule has 0 rings (SSSR count). The number of rotatable bonds is 3. The van der Waals surface area contributed by atoms with Gasteiger partial charge in [0.25, 0.3) is 0 Å². The maximum Gasteiger partial charge on any atom is 0.331 e. The third-order valence-electron chi connectivity index (χ3n) is 0.941. The van der Waals surface area contributed by atoms with Gasteiger partial charge in [-0.15, -0.1) is 0 Å². The zero-order chi connectivity index (χ0) is 9.61. The number of esters is 1. The maximum atomic E-state index is 10.8. The van der Waals surface area contributed by atoms with Crippen molar-refractivity contribution in [3.05, 3.63) is 12.2 Å². The molecule has 0 aromatic rings. The Labute approximate surface area is 73.7 Å². The van der Waals surface area contributed by atoms with Crippen LogP contribution in [0.5, 0.6) is 0 Å². The van der Waals surface area contributed by atoms with E-state index in [0.717, 1.165) is 12.2 Å². The van der Waals surface area contributed by atoms with Crippen LogP contribution in [0.4, 0.5) is 0 Å². The predicted molar refractivity (Wildman–Crippen MR) is 49.1 cm³/mol. The number of carbonyl (C=O) groups is 1. The van der Waals surface area contributed by atoms with E-state index < -0.39 is 14.0 Å². The Bertz CT molecular complexity index is 222. The summed E-state index contributed by atoms with van der Waals surface area (Å²) in [4.78, 5) is 10.8. The van der Waals surface area contributed by atoms with Gasteiger partial charge in [0, 0.05) is 12.2 Å². The topological polar surface area (TPSA) is 50.1 Å². The quantitative estimate of drug-likeness (QED) is 0.288. The normalized spacial score (nSPS) is 11.2. The second kappa shape index (κ2) is 4.73. The van der Waals surface area contributed by atoms with E-state index in [1.807, 2.05) is 0 Å². The fraction of sp³-hybridized carbons (Fsp3) is 0.500. The summed E-state index contributed by atoms with van der Waals surface area (Å²) < 4.78 is 4.89. The van der Waals surface area contributed by atoms with Crippen LogP contribution >= 0.6 is 0 Å². The molecule has 0 atom stereocenters. The Balaban J connectivity index is 3.75. The van der Waals surface area contributed by atoms with Crippen molar-refractivity contribution in [3.63, 3.8) is 0 Å². The average molecular weight is 183 g/mol. The molecular weight excluding hydrogens is 170 g/mol. The summed E-state index contributed by atoms with van der Waals surface area (Å²) in [5.41, 5.74) is 0. The monoisotopic (exact) mass is 183 g/mol. The van der Waals surface area contributed by atoms with E-state index >= 15 is 0 Å². The molecule has 0 N–H and O–H groups in total. The molecule has 0 aromatic carbocycles. The lowest BCUT2D eigenvalue weighted by molar-refractivity contribution is -0.136. The molecule has 0 aliphatic heterocycles. The third-order valence-corrected chi connectivity index (χ3v) is 1.95. The predicted octanol–water partition coefficient (Wildman–Crippen LogP) is 1.49. The number of nitrogens with zero attached hydrogens (tertiary/aromatic N) is 1. The number of hydrogen-bond acceptors (Lipinski definition) is 3. The molecule has 0 unspecified atom stereocenters. The minimum Gasteiger partial charge on any atom is -0.466 e. The molecule has 0 spiro atoms. The highest BCUT2D eigenvalue weighted by Gasteiger charge is 2.14. The molecule has 0 heterocycles. The molecule has 0 aromatic heterocycles. The molecule has 0 fully saturated rings. The van der Waals surface area contributed by atoms with Gasteiger partial charge in [-0.25, -0.2) is 4.79 Å². The summed E-state index contributed by atoms with van der Waals surface area (Å²) in [6.07, 6.45) is 2.76. The molecule has 0 saturated heterocycles. The number of nitriles is 1. The van der Waals surface area contributed by atoms with E-state index in [4.69, 9.17) is 10.00 Å². The van der Waals surface area contributed by atoms with Crippen LogP contribution in [0.2, 0.25) is 19.6 Å². The lowest BCUT2D eigenvalue weighted by Gasteiger charge is -2.14. The van der Waals surface area contributed by atoms with Gasteiger partial charge in [-0.05, 0) is 0 Å². The second-order valence-electron chi connectivity index (χ2n) is 3.63. The van der Waals surface area contributed by atoms with Gasteiger partial charge in [-0.2, -0.15) is 5.26 Å². The second-order valence-corrected chi connectivity index (χ2v) is 9.04. The van der Waals surface area contributed by atoms with Crippen molar-refractivity contribution in [1.29, 1.82) is 5.26 Å². The molecule has 0 saturated carbocycles. The van der Waals surface area contributed by atoms with Crippen molar-refractivity contribution >= 4 is 14.0 Å². The molecule has 66 valence electrons. The van der Waals surface area contributed by atoms with Gasteiger partial charge >= 0.3 is 5.97 Å². The van der Waals surface area contributed by atoms with Crippen molar-refractivity contribution in [2.75, 3.05) is 6.23 Å². The fourth-order valence-corrected chi connectivity index (χ4v) is 1.02. The smallest absolute Gasteiger partial charge is 0.331 e. The first-order valence-electron chi connectivity index (χ1n) is 3.68. The van der Waals surface area contributed by atoms with Crippen LogP contribution in [-0.2, 0) is 9.53 Å². The Kier molecular flexibility index (Phi) is 4.30. The average Bonchev–Trinajstić information content (AvgIpc) is 1.95. The lowest BCUT2D eigenvalue weighted by atomic mass is 10.5. The van der Waals surface area contributed by atoms with E-state index in [0.29, 0.717) is 6.23 Å². The molecule has 0 amide bonds. The van der Waals surface area contributed by atoms with Gasteiger partial charge < -0.3 is 4.74 Å². The largest absolute Gasteiger partial charge is 0.466 e. The standard InChI is InChI=1S/C8H13NO2Si/c1-12(2,3)7-11-8(10)5-4-6-9/h4-5H,7H2,1-3H3. The van der Waals surface area contributed by atoms with Gasteiger partial charge in [0.15, 0.2) is 0 Å². The van der Waals surface area contributed by atoms with Crippen molar-refractivity contribution in [2.45, 2.75) is 19.6 Å². The van der Waals surface area contributed by atoms with Crippen LogP contribution in [0, 0.1) is 11.3 Å². The van der Waals surface area contributed by atoms with Gasteiger partial charge in [0.05, 0.1) is 20.4 Å². The van der Waals surface area contributed by atoms with Gasteiger partial charge in [-0.3, -0.25) is 0 Å². The summed E-state index contributed by atoms with van der Waals surface area (Å²) in [6.45, 7) is 6.32. The minimum atomic E-state index is -1.32. The Morgan fingerprint density at radius 2 is 2.17 bits per heavy atom. The molecule has 4 heteroatoms. The highest BCUT2D eigenvalue weighted by Crippen LogP contribution is 2.00. The molecular formula is C8H13NO2Si. The van der Waals surface area contributed by atoms with E-state index in [2.05, 4.69) is 19.6 Å². The first kappa shape index (κ1) is 10.9. The first-order valence-corrected chi connectivity index (χ1v) is 7.39. The van der Waals surface area contributed by atoms with E-state index in [1.54, 1.807) is 6.07 Å². The highest BCUT2D eigenvalue weighted by molar-refractivity contribution is 6.76. The van der Waals surface area contributed by atoms with Crippen LogP contribution in [0.3, 0.4) is 0 Å². The number of hydrogen-bond donors (Lipinski definition) is 0. The SMILES string of the molecule is C[Si](C)(C)COC(=O)C=CC#N. The zero-order valence-electron chi connectivity index (χ0n) is 7.63. The summed E-state index contributed by atoms with van der Waals surface area (Å²) >= 11 is 0. The Hall–Kier alpha value is -1.08. The minimum absolute atomic E-state index is 0.432. The highest BCUT2D eigenvalue weighted by atomic mass is 28.3. The zero-order valence-corrected chi connectivity index (χ0v) is 8.63. The van der Waals surface area contributed by atoms with Crippen molar-refractivity contribution in [1.82, 2.24) is 0 Å². The third kappa shape index (κ3) is 7.03. The molecule has 0 radical (unpaired) electrons. The summed E-state index contributed by atoms with van der Waals surface area (Å²) in [7, 11) is -1.32. The fourth-order valence-electron chi connectivity index (χ4n) is 0.441. The number of ether oxygens (including phenoxy) is 1. The van der Waals surface area contributed by atoms with Crippen molar-refractivity contribution in [2.24, 2.45) is 0 Å². The number of carbonyl (C=O) groups excluding carboxylic acids is 1. The van der Waals surface area contributed by atoms with Gasteiger partial charge in [0.1, 0.15) is 0 Å². The molecule has 0 aliphatic rings. The first-order chi connectivity index (χ1) is 5.45. The van der Waals surface area contributed by atoms with Crippen molar-refractivity contribution < 1.29 is 9.53 Å². The van der Waals surface area contributed by atoms with Crippen LogP contribution in [0.25, 0.3) is 0 Å². The molecule has 0 aliphatic carbocycles. The Morgan fingerprint density at radius 1 is 1.58 bits per heavy atom. The summed E-state index contributed by atoms with van der Waals surface area (Å²) in [5.74, 6) is -0.432. The van der Waals surface area contributed by atoms with Gasteiger partial charge in [0.2, 0.25) is 0 Å². The number of allylic oxidation sites excluding steroid dienone is 1. The van der Waals surface area contributed by atoms with Crippen LogP contribution in [0.1, 0.15) is 0 Å². The molecule has 12 heavy (non-hydrogen) atoms. The lowest BCUT2D eigenvalue weighted by Crippen LogP contribution is -2.29. The van der Waals surface area contributed by atoms with Crippen LogP contribution < -0.4 is 0 Å². The molecule has 0 bridgehead atoms. The summed E-state index contributed by atoms with van der Waals surface area (Å²) in [5, 5.41) is 8.11. The van der Waals surface area contributed by atoms with Gasteiger partial charge in [-0.1, -0.05) is 19.6 Å². The van der Waals surface area contributed by atoms with Crippen LogP contribution in [-0.4, -0.2) is 20.3 Å². The van der Waals surface area contributed by atoms with E-state index in [-0.39, 0.29) is 0 Å².